The molecule has 1 amide bonds. The fraction of sp³-hybridized carbons (Fsp3) is 0.0833. The highest BCUT2D eigenvalue weighted by molar-refractivity contribution is 6.31. The second kappa shape index (κ2) is 7.45. The molecular formula is C24H19ClN2O. The summed E-state index contributed by atoms with van der Waals surface area (Å²) in [7, 11) is 0. The van der Waals surface area contributed by atoms with E-state index in [1.54, 1.807) is 0 Å². The fourth-order valence-electron chi connectivity index (χ4n) is 3.40. The highest BCUT2D eigenvalue weighted by atomic mass is 35.5. The number of carbonyl (C=O) groups is 1. The molecule has 138 valence electrons. The Morgan fingerprint density at radius 2 is 1.57 bits per heavy atom. The molecule has 4 rings (SSSR count). The molecule has 0 aliphatic carbocycles. The van der Waals surface area contributed by atoms with Gasteiger partial charge in [0.15, 0.2) is 0 Å². The summed E-state index contributed by atoms with van der Waals surface area (Å²) in [5, 5.41) is 4.48. The summed E-state index contributed by atoms with van der Waals surface area (Å²) < 4.78 is 0. The lowest BCUT2D eigenvalue weighted by atomic mass is 9.97. The van der Waals surface area contributed by atoms with Gasteiger partial charge in [-0.1, -0.05) is 66.2 Å². The van der Waals surface area contributed by atoms with Crippen molar-refractivity contribution in [2.24, 2.45) is 0 Å². The van der Waals surface area contributed by atoms with Crippen LogP contribution in [0.5, 0.6) is 0 Å². The Labute approximate surface area is 169 Å². The van der Waals surface area contributed by atoms with Gasteiger partial charge in [0.25, 0.3) is 5.91 Å². The Morgan fingerprint density at radius 1 is 0.857 bits per heavy atom. The van der Waals surface area contributed by atoms with Gasteiger partial charge in [0.1, 0.15) is 0 Å². The van der Waals surface area contributed by atoms with Crippen molar-refractivity contribution >= 4 is 34.1 Å². The number of benzene rings is 3. The van der Waals surface area contributed by atoms with E-state index in [1.165, 1.54) is 0 Å². The van der Waals surface area contributed by atoms with Crippen molar-refractivity contribution in [3.8, 4) is 11.3 Å². The third-order valence-electron chi connectivity index (χ3n) is 4.93. The van der Waals surface area contributed by atoms with Crippen LogP contribution in [0.4, 0.5) is 5.69 Å². The van der Waals surface area contributed by atoms with Crippen molar-refractivity contribution < 1.29 is 4.79 Å². The van der Waals surface area contributed by atoms with E-state index in [-0.39, 0.29) is 5.91 Å². The van der Waals surface area contributed by atoms with Gasteiger partial charge in [-0.3, -0.25) is 4.79 Å². The minimum atomic E-state index is -0.168. The number of hydrogen-bond acceptors (Lipinski definition) is 2. The molecule has 4 aromatic rings. The molecule has 1 N–H and O–H groups in total. The number of aromatic nitrogens is 1. The van der Waals surface area contributed by atoms with Crippen LogP contribution in [0.3, 0.4) is 0 Å². The number of nitrogens with zero attached hydrogens (tertiary/aromatic N) is 1. The molecule has 3 aromatic carbocycles. The lowest BCUT2D eigenvalue weighted by Crippen LogP contribution is -2.16. The summed E-state index contributed by atoms with van der Waals surface area (Å²) in [6.45, 7) is 3.84. The summed E-state index contributed by atoms with van der Waals surface area (Å²) in [6.07, 6.45) is 0. The predicted molar refractivity (Wildman–Crippen MR) is 116 cm³/mol. The van der Waals surface area contributed by atoms with E-state index < -0.39 is 0 Å². The second-order valence-corrected chi connectivity index (χ2v) is 7.12. The molecule has 0 aliphatic rings. The molecule has 0 atom stereocenters. The molecule has 1 heterocycles. The lowest BCUT2D eigenvalue weighted by molar-refractivity contribution is 0.102. The first-order valence-electron chi connectivity index (χ1n) is 9.07. The van der Waals surface area contributed by atoms with E-state index in [0.29, 0.717) is 16.3 Å². The molecule has 28 heavy (non-hydrogen) atoms. The highest BCUT2D eigenvalue weighted by Crippen LogP contribution is 2.31. The molecule has 4 heteroatoms. The normalized spacial score (nSPS) is 10.8. The molecule has 3 nitrogen and oxygen atoms in total. The maximum Gasteiger partial charge on any atom is 0.256 e. The molecule has 1 aromatic heterocycles. The smallest absolute Gasteiger partial charge is 0.256 e. The van der Waals surface area contributed by atoms with Gasteiger partial charge in [-0.25, -0.2) is 4.98 Å². The number of pyridine rings is 1. The molecule has 0 saturated heterocycles. The molecule has 0 spiro atoms. The first-order valence-corrected chi connectivity index (χ1v) is 9.45. The standard InChI is InChI=1S/C24H19ClN2O/c1-15-19(25)12-8-14-20(15)27-24(28)22-16(2)23(17-9-4-3-5-10-17)26-21-13-7-6-11-18(21)22/h3-14H,1-2H3,(H,27,28). The zero-order valence-electron chi connectivity index (χ0n) is 15.7. The van der Waals surface area contributed by atoms with Crippen molar-refractivity contribution in [2.75, 3.05) is 5.32 Å². The summed E-state index contributed by atoms with van der Waals surface area (Å²) >= 11 is 6.21. The van der Waals surface area contributed by atoms with Gasteiger partial charge >= 0.3 is 0 Å². The molecule has 0 fully saturated rings. The van der Waals surface area contributed by atoms with Crippen LogP contribution in [0, 0.1) is 13.8 Å². The summed E-state index contributed by atoms with van der Waals surface area (Å²) in [5.41, 5.74) is 5.62. The minimum Gasteiger partial charge on any atom is -0.322 e. The molecule has 0 bridgehead atoms. The van der Waals surface area contributed by atoms with Crippen LogP contribution in [-0.4, -0.2) is 10.9 Å². The van der Waals surface area contributed by atoms with Gasteiger partial charge in [-0.15, -0.1) is 0 Å². The van der Waals surface area contributed by atoms with E-state index in [2.05, 4.69) is 5.32 Å². The molecule has 0 saturated carbocycles. The van der Waals surface area contributed by atoms with Gasteiger partial charge in [-0.2, -0.15) is 0 Å². The number of anilines is 1. The monoisotopic (exact) mass is 386 g/mol. The average Bonchev–Trinajstić information content (AvgIpc) is 2.71. The maximum atomic E-state index is 13.3. The first kappa shape index (κ1) is 18.2. The minimum absolute atomic E-state index is 0.168. The Morgan fingerprint density at radius 3 is 2.36 bits per heavy atom. The van der Waals surface area contributed by atoms with Gasteiger partial charge in [-0.05, 0) is 43.2 Å². The summed E-state index contributed by atoms with van der Waals surface area (Å²) in [5.74, 6) is -0.168. The van der Waals surface area contributed by atoms with Crippen molar-refractivity contribution in [3.05, 3.63) is 94.5 Å². The van der Waals surface area contributed by atoms with Crippen LogP contribution < -0.4 is 5.32 Å². The predicted octanol–water partition coefficient (Wildman–Crippen LogP) is 6.42. The number of para-hydroxylation sites is 1. The molecule has 0 aliphatic heterocycles. The second-order valence-electron chi connectivity index (χ2n) is 6.71. The average molecular weight is 387 g/mol. The molecule has 0 radical (unpaired) electrons. The van der Waals surface area contributed by atoms with E-state index in [0.717, 1.165) is 33.3 Å². The third-order valence-corrected chi connectivity index (χ3v) is 5.34. The Bertz CT molecular complexity index is 1190. The Kier molecular flexibility index (Phi) is 4.84. The SMILES string of the molecule is Cc1c(Cl)cccc1NC(=O)c1c(C)c(-c2ccccc2)nc2ccccc12. The number of fused-ring (bicyclic) bond motifs is 1. The zero-order chi connectivity index (χ0) is 19.7. The summed E-state index contributed by atoms with van der Waals surface area (Å²) in [6, 6.07) is 23.2. The number of amides is 1. The zero-order valence-corrected chi connectivity index (χ0v) is 16.4. The van der Waals surface area contributed by atoms with Gasteiger partial charge in [0.2, 0.25) is 0 Å². The van der Waals surface area contributed by atoms with Crippen LogP contribution in [0.15, 0.2) is 72.8 Å². The van der Waals surface area contributed by atoms with E-state index in [4.69, 9.17) is 16.6 Å². The van der Waals surface area contributed by atoms with Crippen LogP contribution in [-0.2, 0) is 0 Å². The number of halogens is 1. The summed E-state index contributed by atoms with van der Waals surface area (Å²) in [4.78, 5) is 18.1. The van der Waals surface area contributed by atoms with Crippen molar-refractivity contribution in [3.63, 3.8) is 0 Å². The van der Waals surface area contributed by atoms with E-state index >= 15 is 0 Å². The molecular weight excluding hydrogens is 368 g/mol. The third kappa shape index (κ3) is 3.25. The number of nitrogens with one attached hydrogen (secondary N) is 1. The van der Waals surface area contributed by atoms with E-state index in [1.807, 2.05) is 86.6 Å². The quantitative estimate of drug-likeness (QED) is 0.441. The Balaban J connectivity index is 1.89. The van der Waals surface area contributed by atoms with Crippen LogP contribution in [0.2, 0.25) is 5.02 Å². The topological polar surface area (TPSA) is 42.0 Å². The van der Waals surface area contributed by atoms with Crippen molar-refractivity contribution in [2.45, 2.75) is 13.8 Å². The van der Waals surface area contributed by atoms with Gasteiger partial charge < -0.3 is 5.32 Å². The van der Waals surface area contributed by atoms with Crippen LogP contribution >= 0.6 is 11.6 Å². The van der Waals surface area contributed by atoms with Crippen molar-refractivity contribution in [1.29, 1.82) is 0 Å². The van der Waals surface area contributed by atoms with Crippen LogP contribution in [0.25, 0.3) is 22.2 Å². The maximum absolute atomic E-state index is 13.3. The van der Waals surface area contributed by atoms with Crippen molar-refractivity contribution in [1.82, 2.24) is 4.98 Å². The fourth-order valence-corrected chi connectivity index (χ4v) is 3.58. The lowest BCUT2D eigenvalue weighted by Gasteiger charge is -2.16. The Hall–Kier alpha value is -3.17. The first-order chi connectivity index (χ1) is 13.6. The van der Waals surface area contributed by atoms with Crippen LogP contribution in [0.1, 0.15) is 21.5 Å². The van der Waals surface area contributed by atoms with Gasteiger partial charge in [0.05, 0.1) is 16.8 Å². The highest BCUT2D eigenvalue weighted by Gasteiger charge is 2.19. The van der Waals surface area contributed by atoms with Gasteiger partial charge in [0, 0.05) is 21.7 Å². The number of carbonyl (C=O) groups excluding carboxylic acids is 1. The van der Waals surface area contributed by atoms with E-state index in [9.17, 15) is 4.79 Å². The number of rotatable bonds is 3. The molecule has 0 unspecified atom stereocenters. The number of hydrogen-bond donors (Lipinski definition) is 1. The largest absolute Gasteiger partial charge is 0.322 e.